The van der Waals surface area contributed by atoms with E-state index in [1.165, 1.54) is 63.3 Å². The van der Waals surface area contributed by atoms with Gasteiger partial charge in [-0.25, -0.2) is 0 Å². The van der Waals surface area contributed by atoms with Gasteiger partial charge in [0.25, 0.3) is 0 Å². The quantitative estimate of drug-likeness (QED) is 0.243. The fourth-order valence-corrected chi connectivity index (χ4v) is 7.61. The second kappa shape index (κ2) is 7.35. The number of furan rings is 1. The number of fused-ring (bicyclic) bond motifs is 5. The maximum Gasteiger partial charge on any atom is 0.136 e. The molecule has 0 aliphatic carbocycles. The van der Waals surface area contributed by atoms with Crippen LogP contribution in [0.15, 0.2) is 123 Å². The lowest BCUT2D eigenvalue weighted by Crippen LogP contribution is -1.93. The van der Waals surface area contributed by atoms with Crippen molar-refractivity contribution in [1.29, 1.82) is 0 Å². The van der Waals surface area contributed by atoms with Crippen LogP contribution in [0.1, 0.15) is 0 Å². The molecule has 2 aromatic heterocycles. The van der Waals surface area contributed by atoms with Gasteiger partial charge in [-0.05, 0) is 58.5 Å². The molecule has 8 rings (SSSR count). The molecule has 164 valence electrons. The summed E-state index contributed by atoms with van der Waals surface area (Å²) in [7, 11) is 0. The number of thiophene rings is 1. The molecule has 5 aromatic carbocycles. The van der Waals surface area contributed by atoms with Crippen molar-refractivity contribution in [3.05, 3.63) is 109 Å². The smallest absolute Gasteiger partial charge is 0.136 e. The summed E-state index contributed by atoms with van der Waals surface area (Å²) >= 11 is 3.73. The summed E-state index contributed by atoms with van der Waals surface area (Å²) in [5.41, 5.74) is 7.07. The normalized spacial score (nSPS) is 12.5. The highest BCUT2D eigenvalue weighted by molar-refractivity contribution is 7.99. The maximum atomic E-state index is 6.14. The molecular weight excluding hydrogens is 464 g/mol. The fraction of sp³-hybridized carbons (Fsp3) is 0. The molecule has 0 atom stereocenters. The van der Waals surface area contributed by atoms with E-state index >= 15 is 0 Å². The van der Waals surface area contributed by atoms with Gasteiger partial charge in [-0.2, -0.15) is 0 Å². The topological polar surface area (TPSA) is 13.1 Å². The van der Waals surface area contributed by atoms with Crippen LogP contribution in [0.2, 0.25) is 0 Å². The summed E-state index contributed by atoms with van der Waals surface area (Å²) in [6.07, 6.45) is 0. The number of rotatable bonds is 2. The van der Waals surface area contributed by atoms with Gasteiger partial charge in [0.15, 0.2) is 0 Å². The molecule has 1 aliphatic heterocycles. The van der Waals surface area contributed by atoms with E-state index < -0.39 is 0 Å². The summed E-state index contributed by atoms with van der Waals surface area (Å²) in [5.74, 6) is 0. The fourth-order valence-electron chi connectivity index (χ4n) is 5.40. The van der Waals surface area contributed by atoms with Crippen molar-refractivity contribution in [2.45, 2.75) is 9.79 Å². The first-order chi connectivity index (χ1) is 17.3. The highest BCUT2D eigenvalue weighted by Gasteiger charge is 2.21. The highest BCUT2D eigenvalue weighted by Crippen LogP contribution is 2.50. The number of hydrogen-bond acceptors (Lipinski definition) is 3. The zero-order valence-corrected chi connectivity index (χ0v) is 20.3. The Morgan fingerprint density at radius 3 is 2.11 bits per heavy atom. The molecule has 0 unspecified atom stereocenters. The van der Waals surface area contributed by atoms with E-state index in [9.17, 15) is 0 Å². The summed E-state index contributed by atoms with van der Waals surface area (Å²) < 4.78 is 6.14. The minimum atomic E-state index is 0.938. The van der Waals surface area contributed by atoms with Gasteiger partial charge in [-0.15, -0.1) is 11.3 Å². The standard InChI is InChI=1S/C32H18OS2/c1-3-12-25-23(8-1)31-24(11-6-13-26(31)33-25)29-18-17-28(34-29)20-15-16-30-32-21(9-5-10-22(20)32)19-7-2-4-14-27(19)35-30/h1-18H. The van der Waals surface area contributed by atoms with Crippen LogP contribution in [0.4, 0.5) is 0 Å². The van der Waals surface area contributed by atoms with E-state index in [2.05, 4.69) is 97.1 Å². The van der Waals surface area contributed by atoms with Crippen molar-refractivity contribution in [2.24, 2.45) is 0 Å². The van der Waals surface area contributed by atoms with Crippen molar-refractivity contribution in [3.63, 3.8) is 0 Å². The molecule has 7 aromatic rings. The minimum Gasteiger partial charge on any atom is -0.456 e. The first kappa shape index (κ1) is 19.5. The average Bonchev–Trinajstić information content (AvgIpc) is 3.54. The van der Waals surface area contributed by atoms with Crippen LogP contribution >= 0.6 is 23.1 Å². The molecule has 0 saturated heterocycles. The van der Waals surface area contributed by atoms with Gasteiger partial charge in [-0.3, -0.25) is 0 Å². The van der Waals surface area contributed by atoms with Crippen molar-refractivity contribution in [3.8, 4) is 32.0 Å². The molecule has 0 amide bonds. The van der Waals surface area contributed by atoms with Crippen LogP contribution in [0.5, 0.6) is 0 Å². The summed E-state index contributed by atoms with van der Waals surface area (Å²) in [6, 6.07) is 39.3. The third-order valence-corrected chi connectivity index (χ3v) is 9.23. The highest BCUT2D eigenvalue weighted by atomic mass is 32.2. The van der Waals surface area contributed by atoms with Gasteiger partial charge < -0.3 is 4.42 Å². The van der Waals surface area contributed by atoms with Gasteiger partial charge in [0.1, 0.15) is 11.2 Å². The number of benzene rings is 5. The lowest BCUT2D eigenvalue weighted by Gasteiger charge is -2.21. The lowest BCUT2D eigenvalue weighted by molar-refractivity contribution is 0.669. The van der Waals surface area contributed by atoms with Crippen molar-refractivity contribution in [2.75, 3.05) is 0 Å². The first-order valence-corrected chi connectivity index (χ1v) is 13.3. The predicted molar refractivity (Wildman–Crippen MR) is 150 cm³/mol. The van der Waals surface area contributed by atoms with E-state index in [-0.39, 0.29) is 0 Å². The van der Waals surface area contributed by atoms with E-state index in [0.29, 0.717) is 0 Å². The molecular formula is C32H18OS2. The van der Waals surface area contributed by atoms with E-state index in [1.807, 2.05) is 35.2 Å². The Labute approximate surface area is 210 Å². The Kier molecular flexibility index (Phi) is 4.10. The zero-order valence-electron chi connectivity index (χ0n) is 18.6. The van der Waals surface area contributed by atoms with E-state index in [1.54, 1.807) is 0 Å². The Bertz CT molecular complexity index is 1940. The number of para-hydroxylation sites is 1. The van der Waals surface area contributed by atoms with Gasteiger partial charge in [0, 0.05) is 41.3 Å². The van der Waals surface area contributed by atoms with Gasteiger partial charge >= 0.3 is 0 Å². The molecule has 0 fully saturated rings. The van der Waals surface area contributed by atoms with Crippen molar-refractivity contribution >= 4 is 55.8 Å². The largest absolute Gasteiger partial charge is 0.456 e. The minimum absolute atomic E-state index is 0.938. The Morgan fingerprint density at radius 1 is 0.429 bits per heavy atom. The molecule has 0 bridgehead atoms. The molecule has 0 radical (unpaired) electrons. The molecule has 0 spiro atoms. The Morgan fingerprint density at radius 2 is 1.14 bits per heavy atom. The molecule has 0 saturated carbocycles. The molecule has 0 N–H and O–H groups in total. The molecule has 1 nitrogen and oxygen atoms in total. The van der Waals surface area contributed by atoms with Gasteiger partial charge in [0.2, 0.25) is 0 Å². The summed E-state index contributed by atoms with van der Waals surface area (Å²) in [4.78, 5) is 5.22. The predicted octanol–water partition coefficient (Wildman–Crippen LogP) is 10.3. The third-order valence-electron chi connectivity index (χ3n) is 6.94. The molecule has 3 heteroatoms. The SMILES string of the molecule is c1ccc2c(c1)Sc1ccc(-c3ccc(-c4cccc5oc6ccccc6c45)s3)c3cccc-2c13. The van der Waals surface area contributed by atoms with Crippen molar-refractivity contribution in [1.82, 2.24) is 0 Å². The Hall–Kier alpha value is -3.79. The second-order valence-corrected chi connectivity index (χ2v) is 11.0. The molecule has 3 heterocycles. The second-order valence-electron chi connectivity index (χ2n) is 8.88. The van der Waals surface area contributed by atoms with Gasteiger partial charge in [-0.1, -0.05) is 84.6 Å². The molecule has 35 heavy (non-hydrogen) atoms. The van der Waals surface area contributed by atoms with Crippen molar-refractivity contribution < 1.29 is 4.42 Å². The zero-order chi connectivity index (χ0) is 22.9. The summed E-state index contributed by atoms with van der Waals surface area (Å²) in [6.45, 7) is 0. The Balaban J connectivity index is 1.33. The van der Waals surface area contributed by atoms with Crippen LogP contribution in [0.3, 0.4) is 0 Å². The van der Waals surface area contributed by atoms with Crippen LogP contribution < -0.4 is 0 Å². The van der Waals surface area contributed by atoms with E-state index in [4.69, 9.17) is 4.42 Å². The monoisotopic (exact) mass is 482 g/mol. The van der Waals surface area contributed by atoms with E-state index in [0.717, 1.165) is 11.2 Å². The summed E-state index contributed by atoms with van der Waals surface area (Å²) in [5, 5.41) is 5.06. The van der Waals surface area contributed by atoms with Crippen LogP contribution in [0, 0.1) is 0 Å². The molecule has 1 aliphatic rings. The third kappa shape index (κ3) is 2.83. The lowest BCUT2D eigenvalue weighted by atomic mass is 9.94. The number of hydrogen-bond donors (Lipinski definition) is 0. The average molecular weight is 483 g/mol. The van der Waals surface area contributed by atoms with Gasteiger partial charge in [0.05, 0.1) is 0 Å². The van der Waals surface area contributed by atoms with Crippen LogP contribution in [-0.4, -0.2) is 0 Å². The van der Waals surface area contributed by atoms with Crippen LogP contribution in [0.25, 0.3) is 64.7 Å². The first-order valence-electron chi connectivity index (χ1n) is 11.7. The maximum absolute atomic E-state index is 6.14. The van der Waals surface area contributed by atoms with Crippen LogP contribution in [-0.2, 0) is 0 Å².